The van der Waals surface area contributed by atoms with Gasteiger partial charge in [-0.3, -0.25) is 4.79 Å². The molecule has 1 aromatic heterocycles. The summed E-state index contributed by atoms with van der Waals surface area (Å²) in [6.45, 7) is 3.80. The fraction of sp³-hybridized carbons (Fsp3) is 0.286. The first kappa shape index (κ1) is 14.4. The van der Waals surface area contributed by atoms with Crippen molar-refractivity contribution in [2.24, 2.45) is 0 Å². The van der Waals surface area contributed by atoms with E-state index in [-0.39, 0.29) is 22.7 Å². The zero-order valence-electron chi connectivity index (χ0n) is 11.4. The molecule has 0 fully saturated rings. The number of pyridine rings is 1. The van der Waals surface area contributed by atoms with Crippen LogP contribution in [0.2, 0.25) is 5.15 Å². The summed E-state index contributed by atoms with van der Waals surface area (Å²) in [5.41, 5.74) is -0.105. The Morgan fingerprint density at radius 1 is 1.40 bits per heavy atom. The number of hydrogen-bond acceptors (Lipinski definition) is 4. The van der Waals surface area contributed by atoms with Crippen LogP contribution in [0.15, 0.2) is 18.2 Å². The van der Waals surface area contributed by atoms with Gasteiger partial charge in [0.1, 0.15) is 10.9 Å². The summed E-state index contributed by atoms with van der Waals surface area (Å²) in [7, 11) is 1.46. The average Bonchev–Trinajstić information content (AvgIpc) is 2.41. The molecule has 0 aliphatic carbocycles. The number of nitrogens with zero attached hydrogens (tertiary/aromatic N) is 1. The number of halogens is 1. The van der Waals surface area contributed by atoms with Crippen LogP contribution >= 0.6 is 11.6 Å². The van der Waals surface area contributed by atoms with E-state index in [2.05, 4.69) is 10.3 Å². The first-order valence-corrected chi connectivity index (χ1v) is 6.52. The number of amides is 1. The third kappa shape index (κ3) is 2.63. The highest BCUT2D eigenvalue weighted by molar-refractivity contribution is 6.35. The van der Waals surface area contributed by atoms with E-state index in [0.717, 1.165) is 0 Å². The van der Waals surface area contributed by atoms with Crippen LogP contribution in [0.5, 0.6) is 11.5 Å². The van der Waals surface area contributed by atoms with E-state index in [1.165, 1.54) is 7.05 Å². The summed E-state index contributed by atoms with van der Waals surface area (Å²) in [4.78, 5) is 15.6. The van der Waals surface area contributed by atoms with Gasteiger partial charge in [-0.2, -0.15) is 0 Å². The molecule has 0 aliphatic heterocycles. The Morgan fingerprint density at radius 3 is 2.70 bits per heavy atom. The molecule has 2 aromatic rings. The Labute approximate surface area is 121 Å². The van der Waals surface area contributed by atoms with Crippen molar-refractivity contribution in [2.75, 3.05) is 7.05 Å². The van der Waals surface area contributed by atoms with E-state index >= 15 is 0 Å². The topological polar surface area (TPSA) is 71.5 Å². The second kappa shape index (κ2) is 5.54. The van der Waals surface area contributed by atoms with Gasteiger partial charge < -0.3 is 15.2 Å². The minimum absolute atomic E-state index is 0.00492. The maximum atomic E-state index is 11.7. The first-order valence-electron chi connectivity index (χ1n) is 6.15. The quantitative estimate of drug-likeness (QED) is 0.854. The molecule has 2 rings (SSSR count). The lowest BCUT2D eigenvalue weighted by Gasteiger charge is -2.12. The molecule has 6 heteroatoms. The van der Waals surface area contributed by atoms with Gasteiger partial charge in [0.2, 0.25) is 0 Å². The van der Waals surface area contributed by atoms with E-state index in [9.17, 15) is 9.90 Å². The van der Waals surface area contributed by atoms with Gasteiger partial charge in [-0.25, -0.2) is 4.98 Å². The number of benzene rings is 1. The number of carbonyl (C=O) groups is 1. The molecule has 0 radical (unpaired) electrons. The molecule has 1 heterocycles. The molecule has 1 aromatic carbocycles. The number of carbonyl (C=O) groups excluding carboxylic acids is 1. The Bertz CT molecular complexity index is 671. The smallest absolute Gasteiger partial charge is 0.273 e. The van der Waals surface area contributed by atoms with Crippen LogP contribution in [-0.2, 0) is 0 Å². The lowest BCUT2D eigenvalue weighted by molar-refractivity contribution is 0.0955. The number of hydrogen-bond donors (Lipinski definition) is 2. The van der Waals surface area contributed by atoms with E-state index in [1.807, 2.05) is 13.8 Å². The normalized spacial score (nSPS) is 10.8. The largest absolute Gasteiger partial charge is 0.505 e. The number of fused-ring (bicyclic) bond motifs is 1. The number of nitrogens with one attached hydrogen (secondary N) is 1. The molecule has 0 saturated carbocycles. The number of ether oxygens (including phenoxy) is 1. The van der Waals surface area contributed by atoms with Gasteiger partial charge in [0.05, 0.1) is 6.10 Å². The molecular weight excluding hydrogens is 280 g/mol. The van der Waals surface area contributed by atoms with Gasteiger partial charge in [0.25, 0.3) is 5.91 Å². The molecule has 20 heavy (non-hydrogen) atoms. The molecule has 0 unspecified atom stereocenters. The van der Waals surface area contributed by atoms with Crippen LogP contribution in [-0.4, -0.2) is 29.1 Å². The highest BCUT2D eigenvalue weighted by atomic mass is 35.5. The Hall–Kier alpha value is -2.01. The van der Waals surface area contributed by atoms with Crippen molar-refractivity contribution in [1.82, 2.24) is 10.3 Å². The molecule has 106 valence electrons. The van der Waals surface area contributed by atoms with Crippen molar-refractivity contribution < 1.29 is 14.6 Å². The van der Waals surface area contributed by atoms with E-state index in [4.69, 9.17) is 16.3 Å². The third-order valence-corrected chi connectivity index (χ3v) is 3.00. The molecule has 1 amide bonds. The Morgan fingerprint density at radius 2 is 2.10 bits per heavy atom. The standard InChI is InChI=1S/C14H15ClN2O3/c1-7(2)20-8-4-5-9-10(6-8)12(18)11(14(19)16-3)17-13(9)15/h4-7,18H,1-3H3,(H,16,19). The molecule has 0 atom stereocenters. The van der Waals surface area contributed by atoms with Crippen LogP contribution < -0.4 is 10.1 Å². The van der Waals surface area contributed by atoms with Crippen molar-refractivity contribution >= 4 is 28.3 Å². The first-order chi connectivity index (χ1) is 9.43. The highest BCUT2D eigenvalue weighted by Crippen LogP contribution is 2.34. The van der Waals surface area contributed by atoms with Gasteiger partial charge >= 0.3 is 0 Å². The zero-order chi connectivity index (χ0) is 14.9. The molecule has 2 N–H and O–H groups in total. The van der Waals surface area contributed by atoms with Crippen molar-refractivity contribution in [3.05, 3.63) is 29.0 Å². The predicted octanol–water partition coefficient (Wildman–Crippen LogP) is 2.74. The van der Waals surface area contributed by atoms with Crippen LogP contribution in [0, 0.1) is 0 Å². The lowest BCUT2D eigenvalue weighted by Crippen LogP contribution is -2.19. The van der Waals surface area contributed by atoms with Gasteiger partial charge in [-0.1, -0.05) is 11.6 Å². The van der Waals surface area contributed by atoms with E-state index in [0.29, 0.717) is 16.5 Å². The number of rotatable bonds is 3. The van der Waals surface area contributed by atoms with Crippen molar-refractivity contribution in [2.45, 2.75) is 20.0 Å². The number of aromatic nitrogens is 1. The molecule has 0 spiro atoms. The second-order valence-electron chi connectivity index (χ2n) is 4.55. The summed E-state index contributed by atoms with van der Waals surface area (Å²) >= 11 is 6.05. The van der Waals surface area contributed by atoms with E-state index < -0.39 is 5.91 Å². The van der Waals surface area contributed by atoms with Crippen LogP contribution in [0.4, 0.5) is 0 Å². The van der Waals surface area contributed by atoms with Crippen molar-refractivity contribution in [3.8, 4) is 11.5 Å². The predicted molar refractivity (Wildman–Crippen MR) is 77.6 cm³/mol. The SMILES string of the molecule is CNC(=O)c1nc(Cl)c2ccc(OC(C)C)cc2c1O. The summed E-state index contributed by atoms with van der Waals surface area (Å²) in [6.07, 6.45) is 0.00492. The summed E-state index contributed by atoms with van der Waals surface area (Å²) in [6, 6.07) is 5.09. The number of aromatic hydroxyl groups is 1. The molecule has 0 bridgehead atoms. The van der Waals surface area contributed by atoms with Crippen LogP contribution in [0.1, 0.15) is 24.3 Å². The monoisotopic (exact) mass is 294 g/mol. The van der Waals surface area contributed by atoms with Crippen LogP contribution in [0.25, 0.3) is 10.8 Å². The molecule has 0 saturated heterocycles. The Kier molecular flexibility index (Phi) is 3.99. The maximum Gasteiger partial charge on any atom is 0.273 e. The van der Waals surface area contributed by atoms with Gasteiger partial charge in [-0.15, -0.1) is 0 Å². The van der Waals surface area contributed by atoms with Crippen molar-refractivity contribution in [3.63, 3.8) is 0 Å². The van der Waals surface area contributed by atoms with Crippen molar-refractivity contribution in [1.29, 1.82) is 0 Å². The van der Waals surface area contributed by atoms with Gasteiger partial charge in [0, 0.05) is 17.8 Å². The summed E-state index contributed by atoms with van der Waals surface area (Å²) in [5.74, 6) is -0.118. The minimum atomic E-state index is -0.499. The molecular formula is C14H15ClN2O3. The fourth-order valence-electron chi connectivity index (χ4n) is 1.86. The fourth-order valence-corrected chi connectivity index (χ4v) is 2.11. The summed E-state index contributed by atoms with van der Waals surface area (Å²) < 4.78 is 5.57. The van der Waals surface area contributed by atoms with E-state index in [1.54, 1.807) is 18.2 Å². The zero-order valence-corrected chi connectivity index (χ0v) is 12.2. The summed E-state index contributed by atoms with van der Waals surface area (Å²) in [5, 5.41) is 13.8. The van der Waals surface area contributed by atoms with Crippen LogP contribution in [0.3, 0.4) is 0 Å². The Balaban J connectivity index is 2.65. The maximum absolute atomic E-state index is 11.7. The van der Waals surface area contributed by atoms with Gasteiger partial charge in [-0.05, 0) is 32.0 Å². The second-order valence-corrected chi connectivity index (χ2v) is 4.91. The highest BCUT2D eigenvalue weighted by Gasteiger charge is 2.18. The molecule has 5 nitrogen and oxygen atoms in total. The third-order valence-electron chi connectivity index (χ3n) is 2.72. The van der Waals surface area contributed by atoms with Gasteiger partial charge in [0.15, 0.2) is 11.4 Å². The lowest BCUT2D eigenvalue weighted by atomic mass is 10.1. The molecule has 0 aliphatic rings. The minimum Gasteiger partial charge on any atom is -0.505 e. The average molecular weight is 295 g/mol.